The van der Waals surface area contributed by atoms with Crippen molar-refractivity contribution in [2.75, 3.05) is 16.9 Å². The van der Waals surface area contributed by atoms with Crippen LogP contribution in [-0.2, 0) is 32.4 Å². The van der Waals surface area contributed by atoms with E-state index in [0.717, 1.165) is 29.9 Å². The van der Waals surface area contributed by atoms with Gasteiger partial charge >= 0.3 is 19.3 Å². The zero-order valence-corrected chi connectivity index (χ0v) is 32.0. The lowest BCUT2D eigenvalue weighted by Gasteiger charge is -2.64. The Labute approximate surface area is 317 Å². The van der Waals surface area contributed by atoms with Crippen molar-refractivity contribution in [2.24, 2.45) is 17.3 Å². The number of urea groups is 1. The van der Waals surface area contributed by atoms with Crippen LogP contribution in [0, 0.1) is 17.3 Å². The molecule has 7 atom stereocenters. The van der Waals surface area contributed by atoms with Gasteiger partial charge in [-0.1, -0.05) is 39.0 Å². The molecule has 0 unspecified atom stereocenters. The number of amides is 3. The summed E-state index contributed by atoms with van der Waals surface area (Å²) >= 11 is 1.53. The van der Waals surface area contributed by atoms with Gasteiger partial charge in [0.2, 0.25) is 5.91 Å². The highest BCUT2D eigenvalue weighted by atomic mass is 32.2. The molecule has 3 saturated carbocycles. The number of nitrogens with one attached hydrogen (secondary N) is 4. The highest BCUT2D eigenvalue weighted by molar-refractivity contribution is 7.98. The van der Waals surface area contributed by atoms with E-state index in [1.54, 1.807) is 13.0 Å². The molecule has 3 heterocycles. The summed E-state index contributed by atoms with van der Waals surface area (Å²) in [5.74, 6) is 0.0487. The Kier molecular flexibility index (Phi) is 9.87. The summed E-state index contributed by atoms with van der Waals surface area (Å²) in [6.45, 7) is 10.2. The SMILES string of the molecule is CC[C@H](NC(=O)[C@@H]1C[C@@](C)(NC(=O)Nc2cccc(SC)c2)c2ncc(NCc3cccc(C(F)(F)F)c3)c(=O)n21)B1O[C@@H]2C[C@@H]3C[C@@H](C3(C)C)[C@]2(C)O1. The normalized spacial score (nSPS) is 28.4. The first-order valence-corrected chi connectivity index (χ1v) is 19.6. The zero-order chi connectivity index (χ0) is 38.8. The van der Waals surface area contributed by atoms with Gasteiger partial charge in [0.25, 0.3) is 5.56 Å². The van der Waals surface area contributed by atoms with Crippen molar-refractivity contribution < 1.29 is 32.1 Å². The molecule has 1 saturated heterocycles. The summed E-state index contributed by atoms with van der Waals surface area (Å²) in [6, 6.07) is 10.5. The second-order valence-corrected chi connectivity index (χ2v) is 16.8. The maximum absolute atomic E-state index is 14.3. The van der Waals surface area contributed by atoms with Crippen LogP contribution in [0.2, 0.25) is 0 Å². The van der Waals surface area contributed by atoms with Crippen molar-refractivity contribution in [1.29, 1.82) is 0 Å². The van der Waals surface area contributed by atoms with Crippen LogP contribution in [-0.4, -0.2) is 52.5 Å². The number of hydrogen-bond donors (Lipinski definition) is 4. The number of hydrogen-bond acceptors (Lipinski definition) is 8. The number of benzene rings is 2. The lowest BCUT2D eigenvalue weighted by molar-refractivity contribution is -0.199. The number of fused-ring (bicyclic) bond motifs is 1. The molecule has 0 spiro atoms. The molecule has 16 heteroatoms. The molecule has 54 heavy (non-hydrogen) atoms. The Morgan fingerprint density at radius 1 is 1.11 bits per heavy atom. The average molecular weight is 767 g/mol. The van der Waals surface area contributed by atoms with Crippen LogP contribution >= 0.6 is 11.8 Å². The van der Waals surface area contributed by atoms with Crippen molar-refractivity contribution in [2.45, 2.75) is 107 Å². The van der Waals surface area contributed by atoms with E-state index in [9.17, 15) is 27.6 Å². The maximum Gasteiger partial charge on any atom is 0.481 e. The fraction of sp³-hybridized carbons (Fsp3) is 0.526. The van der Waals surface area contributed by atoms with E-state index in [-0.39, 0.29) is 36.0 Å². The van der Waals surface area contributed by atoms with Gasteiger partial charge in [-0.2, -0.15) is 13.2 Å². The third-order valence-corrected chi connectivity index (χ3v) is 12.9. The van der Waals surface area contributed by atoms with Gasteiger partial charge in [0, 0.05) is 23.5 Å². The summed E-state index contributed by atoms with van der Waals surface area (Å²) in [5.41, 5.74) is -2.16. The van der Waals surface area contributed by atoms with Gasteiger partial charge < -0.3 is 30.6 Å². The van der Waals surface area contributed by atoms with Crippen LogP contribution in [0.25, 0.3) is 0 Å². The first-order chi connectivity index (χ1) is 25.5. The summed E-state index contributed by atoms with van der Waals surface area (Å²) in [6.07, 6.45) is 1.07. The second-order valence-electron chi connectivity index (χ2n) is 15.9. The molecule has 2 bridgehead atoms. The molecule has 4 N–H and O–H groups in total. The maximum atomic E-state index is 14.3. The summed E-state index contributed by atoms with van der Waals surface area (Å²) < 4.78 is 54.5. The van der Waals surface area contributed by atoms with Crippen LogP contribution in [0.3, 0.4) is 0 Å². The molecule has 4 fully saturated rings. The van der Waals surface area contributed by atoms with Crippen molar-refractivity contribution in [1.82, 2.24) is 20.2 Å². The molecule has 11 nitrogen and oxygen atoms in total. The van der Waals surface area contributed by atoms with E-state index in [4.69, 9.17) is 9.31 Å². The third-order valence-electron chi connectivity index (χ3n) is 12.2. The van der Waals surface area contributed by atoms with E-state index < -0.39 is 59.5 Å². The number of carbonyl (C=O) groups excluding carboxylic acids is 2. The number of carbonyl (C=O) groups is 2. The van der Waals surface area contributed by atoms with E-state index in [0.29, 0.717) is 29.5 Å². The lowest BCUT2D eigenvalue weighted by Crippen LogP contribution is -2.65. The van der Waals surface area contributed by atoms with Crippen molar-refractivity contribution in [3.05, 3.63) is 82.0 Å². The van der Waals surface area contributed by atoms with Crippen LogP contribution < -0.4 is 26.8 Å². The van der Waals surface area contributed by atoms with E-state index in [1.165, 1.54) is 34.7 Å². The monoisotopic (exact) mass is 766 g/mol. The third kappa shape index (κ3) is 6.78. The zero-order valence-electron chi connectivity index (χ0n) is 31.2. The molecule has 3 aromatic rings. The number of alkyl halides is 3. The molecule has 3 aliphatic carbocycles. The number of aromatic nitrogens is 2. The van der Waals surface area contributed by atoms with Crippen LogP contribution in [0.15, 0.2) is 64.4 Å². The smallest absolute Gasteiger partial charge is 0.404 e. The van der Waals surface area contributed by atoms with Crippen LogP contribution in [0.1, 0.15) is 83.3 Å². The first kappa shape index (κ1) is 38.3. The lowest BCUT2D eigenvalue weighted by atomic mass is 9.43. The van der Waals surface area contributed by atoms with E-state index in [2.05, 4.69) is 47.0 Å². The molecule has 8 rings (SSSR count). The van der Waals surface area contributed by atoms with Gasteiger partial charge in [-0.3, -0.25) is 14.2 Å². The quantitative estimate of drug-likeness (QED) is 0.132. The molecule has 288 valence electrons. The Balaban J connectivity index is 1.15. The largest absolute Gasteiger partial charge is 0.481 e. The summed E-state index contributed by atoms with van der Waals surface area (Å²) in [5, 5.41) is 11.8. The predicted molar refractivity (Wildman–Crippen MR) is 201 cm³/mol. The van der Waals surface area contributed by atoms with Gasteiger partial charge in [0.05, 0.1) is 34.9 Å². The second kappa shape index (κ2) is 13.9. The topological polar surface area (TPSA) is 136 Å². The van der Waals surface area contributed by atoms with Crippen molar-refractivity contribution >= 4 is 42.2 Å². The Bertz CT molecular complexity index is 2020. The number of nitrogens with zero attached hydrogens (tertiary/aromatic N) is 2. The van der Waals surface area contributed by atoms with Gasteiger partial charge in [0.15, 0.2) is 0 Å². The first-order valence-electron chi connectivity index (χ1n) is 18.4. The van der Waals surface area contributed by atoms with E-state index in [1.807, 2.05) is 31.4 Å². The number of rotatable bonds is 10. The number of anilines is 2. The molecule has 0 radical (unpaired) electrons. The summed E-state index contributed by atoms with van der Waals surface area (Å²) in [7, 11) is -0.687. The minimum Gasteiger partial charge on any atom is -0.404 e. The number of thioether (sulfide) groups is 1. The fourth-order valence-electron chi connectivity index (χ4n) is 9.06. The molecule has 5 aliphatic rings. The molecular weight excluding hydrogens is 720 g/mol. The van der Waals surface area contributed by atoms with Gasteiger partial charge in [-0.15, -0.1) is 11.8 Å². The van der Waals surface area contributed by atoms with Crippen LogP contribution in [0.4, 0.5) is 29.3 Å². The van der Waals surface area contributed by atoms with Gasteiger partial charge in [-0.25, -0.2) is 9.78 Å². The molecule has 3 amide bonds. The Morgan fingerprint density at radius 3 is 2.57 bits per heavy atom. The fourth-order valence-corrected chi connectivity index (χ4v) is 9.51. The molecule has 1 aromatic heterocycles. The van der Waals surface area contributed by atoms with Gasteiger partial charge in [-0.05, 0) is 92.5 Å². The minimum absolute atomic E-state index is 0.00246. The molecule has 2 aromatic carbocycles. The molecule has 2 aliphatic heterocycles. The minimum atomic E-state index is -4.52. The van der Waals surface area contributed by atoms with E-state index >= 15 is 0 Å². The van der Waals surface area contributed by atoms with Crippen molar-refractivity contribution in [3.63, 3.8) is 0 Å². The number of halogens is 3. The highest BCUT2D eigenvalue weighted by Gasteiger charge is 2.68. The van der Waals surface area contributed by atoms with Gasteiger partial charge in [0.1, 0.15) is 17.6 Å². The predicted octanol–water partition coefficient (Wildman–Crippen LogP) is 6.74. The Morgan fingerprint density at radius 2 is 1.87 bits per heavy atom. The van der Waals surface area contributed by atoms with Crippen molar-refractivity contribution in [3.8, 4) is 0 Å². The molecular formula is C38H46BF3N6O5S. The average Bonchev–Trinajstić information content (AvgIpc) is 3.64. The standard InChI is InChI=1S/C38H46BF3N6O5S/c1-7-30(39-52-29-16-23-15-28(35(23,2)3)37(29,5)53-39)46-31(49)27-18-36(4,47-34(51)45-24-12-9-13-25(17-24)54-6)33-44-20-26(32(50)48(27)33)43-19-21-10-8-11-22(14-21)38(40,41)42/h8-14,17,20,23,27-30,43H,7,15-16,18-19H2,1-6H3,(H,46,49)(H2,45,47,51)/t23-,27-,28-,29+,30-,36+,37-/m0/s1. The van der Waals surface area contributed by atoms with Crippen LogP contribution in [0.5, 0.6) is 0 Å². The Hall–Kier alpha value is -4.02. The summed E-state index contributed by atoms with van der Waals surface area (Å²) in [4.78, 5) is 47.5. The highest BCUT2D eigenvalue weighted by Crippen LogP contribution is 2.65.